The molecule has 3 rings (SSSR count). The number of ether oxygens (including phenoxy) is 2. The number of methoxy groups -OCH3 is 1. The zero-order chi connectivity index (χ0) is 20.5. The van der Waals surface area contributed by atoms with Crippen LogP contribution >= 0.6 is 0 Å². The molecule has 0 aliphatic heterocycles. The highest BCUT2D eigenvalue weighted by Gasteiger charge is 2.14. The van der Waals surface area contributed by atoms with Crippen molar-refractivity contribution in [2.24, 2.45) is 0 Å². The van der Waals surface area contributed by atoms with Crippen molar-refractivity contribution in [2.75, 3.05) is 20.3 Å². The lowest BCUT2D eigenvalue weighted by Gasteiger charge is -2.25. The smallest absolute Gasteiger partial charge is 0.129 e. The summed E-state index contributed by atoms with van der Waals surface area (Å²) in [5, 5.41) is 10.5. The van der Waals surface area contributed by atoms with Gasteiger partial charge in [0.2, 0.25) is 0 Å². The monoisotopic (exact) mass is 399 g/mol. The van der Waals surface area contributed by atoms with Crippen molar-refractivity contribution in [2.45, 2.75) is 25.8 Å². The minimum atomic E-state index is -0.663. The van der Waals surface area contributed by atoms with Gasteiger partial charge in [-0.05, 0) is 47.5 Å². The summed E-state index contributed by atoms with van der Waals surface area (Å²) in [5.74, 6) is 1.26. The molecule has 0 spiro atoms. The average Bonchev–Trinajstić information content (AvgIpc) is 3.24. The molecule has 29 heavy (non-hydrogen) atoms. The average molecular weight is 399 g/mol. The molecule has 0 aliphatic carbocycles. The molecule has 0 bridgehead atoms. The van der Waals surface area contributed by atoms with Gasteiger partial charge in [0.05, 0.1) is 26.1 Å². The summed E-state index contributed by atoms with van der Waals surface area (Å²) in [7, 11) is 1.63. The fraction of sp³-hybridized carbons (Fsp3) is 0.304. The molecule has 1 N–H and O–H groups in total. The van der Waals surface area contributed by atoms with E-state index in [-0.39, 0.29) is 12.4 Å². The first kappa shape index (κ1) is 21.0. The number of rotatable bonds is 11. The van der Waals surface area contributed by atoms with Crippen LogP contribution in [0.25, 0.3) is 0 Å². The summed E-state index contributed by atoms with van der Waals surface area (Å²) < 4.78 is 29.2. The number of aliphatic hydroxyl groups is 1. The summed E-state index contributed by atoms with van der Waals surface area (Å²) in [5.41, 5.74) is 2.07. The lowest BCUT2D eigenvalue weighted by atomic mass is 10.1. The molecule has 1 aromatic heterocycles. The van der Waals surface area contributed by atoms with Crippen LogP contribution < -0.4 is 4.74 Å². The van der Waals surface area contributed by atoms with Crippen LogP contribution in [0, 0.1) is 5.82 Å². The van der Waals surface area contributed by atoms with Crippen molar-refractivity contribution >= 4 is 0 Å². The SMILES string of the molecule is COc1ccc(CN(Cc2ccc(F)cc2)C[C@H](O)COCc2ccco2)cc1. The van der Waals surface area contributed by atoms with E-state index in [4.69, 9.17) is 13.9 Å². The highest BCUT2D eigenvalue weighted by molar-refractivity contribution is 5.27. The van der Waals surface area contributed by atoms with E-state index < -0.39 is 6.10 Å². The van der Waals surface area contributed by atoms with Gasteiger partial charge in [0, 0.05) is 19.6 Å². The number of halogens is 1. The predicted molar refractivity (Wildman–Crippen MR) is 108 cm³/mol. The first-order chi connectivity index (χ1) is 14.1. The fourth-order valence-corrected chi connectivity index (χ4v) is 3.06. The van der Waals surface area contributed by atoms with Gasteiger partial charge in [-0.25, -0.2) is 4.39 Å². The Balaban J connectivity index is 1.59. The molecule has 3 aromatic rings. The lowest BCUT2D eigenvalue weighted by Crippen LogP contribution is -2.34. The molecule has 154 valence electrons. The Hall–Kier alpha value is -2.67. The van der Waals surface area contributed by atoms with Crippen LogP contribution in [0.15, 0.2) is 71.3 Å². The highest BCUT2D eigenvalue weighted by atomic mass is 19.1. The van der Waals surface area contributed by atoms with E-state index in [1.165, 1.54) is 12.1 Å². The van der Waals surface area contributed by atoms with Gasteiger partial charge in [0.25, 0.3) is 0 Å². The van der Waals surface area contributed by atoms with Gasteiger partial charge in [-0.3, -0.25) is 4.90 Å². The van der Waals surface area contributed by atoms with Crippen LogP contribution in [-0.4, -0.2) is 36.4 Å². The van der Waals surface area contributed by atoms with Gasteiger partial charge in [-0.1, -0.05) is 24.3 Å². The first-order valence-corrected chi connectivity index (χ1v) is 9.50. The van der Waals surface area contributed by atoms with Crippen LogP contribution in [0.2, 0.25) is 0 Å². The number of furan rings is 1. The Morgan fingerprint density at radius 3 is 2.24 bits per heavy atom. The summed E-state index contributed by atoms with van der Waals surface area (Å²) in [6, 6.07) is 17.9. The van der Waals surface area contributed by atoms with E-state index in [0.717, 1.165) is 22.6 Å². The summed E-state index contributed by atoms with van der Waals surface area (Å²) in [6.45, 7) is 2.16. The molecule has 1 heterocycles. The standard InChI is InChI=1S/C23H26FNO4/c1-27-22-10-6-19(7-11-22)14-25(13-18-4-8-20(24)9-5-18)15-21(26)16-28-17-23-3-2-12-29-23/h2-12,21,26H,13-17H2,1H3/t21-/m0/s1. The van der Waals surface area contributed by atoms with E-state index in [2.05, 4.69) is 4.90 Å². The van der Waals surface area contributed by atoms with Gasteiger partial charge in [-0.15, -0.1) is 0 Å². The van der Waals surface area contributed by atoms with Crippen molar-refractivity contribution < 1.29 is 23.4 Å². The maximum atomic E-state index is 13.2. The minimum absolute atomic E-state index is 0.198. The van der Waals surface area contributed by atoms with Gasteiger partial charge in [0.15, 0.2) is 0 Å². The Labute approximate surface area is 170 Å². The molecular formula is C23H26FNO4. The number of nitrogens with zero attached hydrogens (tertiary/aromatic N) is 1. The topological polar surface area (TPSA) is 55.1 Å². The maximum absolute atomic E-state index is 13.2. The third-order valence-corrected chi connectivity index (χ3v) is 4.49. The molecule has 0 unspecified atom stereocenters. The summed E-state index contributed by atoms with van der Waals surface area (Å²) in [6.07, 6.45) is 0.928. The van der Waals surface area contributed by atoms with Crippen LogP contribution in [0.4, 0.5) is 4.39 Å². The lowest BCUT2D eigenvalue weighted by molar-refractivity contribution is 0.00253. The van der Waals surface area contributed by atoms with E-state index in [0.29, 0.717) is 26.2 Å². The Morgan fingerprint density at radius 1 is 1.00 bits per heavy atom. The van der Waals surface area contributed by atoms with Gasteiger partial charge < -0.3 is 19.0 Å². The molecule has 0 saturated carbocycles. The highest BCUT2D eigenvalue weighted by Crippen LogP contribution is 2.16. The van der Waals surface area contributed by atoms with Crippen LogP contribution in [0.1, 0.15) is 16.9 Å². The molecule has 6 heteroatoms. The minimum Gasteiger partial charge on any atom is -0.497 e. The first-order valence-electron chi connectivity index (χ1n) is 9.50. The second-order valence-corrected chi connectivity index (χ2v) is 6.89. The predicted octanol–water partition coefficient (Wildman–Crippen LogP) is 4.01. The second-order valence-electron chi connectivity index (χ2n) is 6.89. The van der Waals surface area contributed by atoms with Crippen molar-refractivity contribution in [3.05, 3.63) is 89.6 Å². The fourth-order valence-electron chi connectivity index (χ4n) is 3.06. The van der Waals surface area contributed by atoms with Gasteiger partial charge >= 0.3 is 0 Å². The Bertz CT molecular complexity index is 834. The zero-order valence-corrected chi connectivity index (χ0v) is 16.5. The van der Waals surface area contributed by atoms with Gasteiger partial charge in [-0.2, -0.15) is 0 Å². The van der Waals surface area contributed by atoms with Crippen molar-refractivity contribution in [1.29, 1.82) is 0 Å². The van der Waals surface area contributed by atoms with Crippen molar-refractivity contribution in [1.82, 2.24) is 4.90 Å². The molecule has 0 amide bonds. The molecule has 0 fully saturated rings. The molecule has 0 aliphatic rings. The number of aliphatic hydroxyl groups excluding tert-OH is 1. The van der Waals surface area contributed by atoms with E-state index in [1.807, 2.05) is 30.3 Å². The third-order valence-electron chi connectivity index (χ3n) is 4.49. The van der Waals surface area contributed by atoms with Gasteiger partial charge in [0.1, 0.15) is 23.9 Å². The molecule has 0 saturated heterocycles. The number of hydrogen-bond donors (Lipinski definition) is 1. The molecule has 5 nitrogen and oxygen atoms in total. The quantitative estimate of drug-likeness (QED) is 0.528. The molecule has 1 atom stereocenters. The van der Waals surface area contributed by atoms with E-state index in [9.17, 15) is 9.50 Å². The summed E-state index contributed by atoms with van der Waals surface area (Å²) in [4.78, 5) is 2.11. The van der Waals surface area contributed by atoms with Crippen molar-refractivity contribution in [3.8, 4) is 5.75 Å². The molecular weight excluding hydrogens is 373 g/mol. The largest absolute Gasteiger partial charge is 0.497 e. The number of hydrogen-bond acceptors (Lipinski definition) is 5. The summed E-state index contributed by atoms with van der Waals surface area (Å²) >= 11 is 0. The van der Waals surface area contributed by atoms with E-state index in [1.54, 1.807) is 31.6 Å². The molecule has 0 radical (unpaired) electrons. The Kier molecular flexibility index (Phi) is 7.81. The normalized spacial score (nSPS) is 12.3. The maximum Gasteiger partial charge on any atom is 0.129 e. The zero-order valence-electron chi connectivity index (χ0n) is 16.5. The van der Waals surface area contributed by atoms with Crippen molar-refractivity contribution in [3.63, 3.8) is 0 Å². The van der Waals surface area contributed by atoms with Crippen LogP contribution in [0.5, 0.6) is 5.75 Å². The van der Waals surface area contributed by atoms with E-state index >= 15 is 0 Å². The second kappa shape index (κ2) is 10.8. The third kappa shape index (κ3) is 7.02. The molecule has 2 aromatic carbocycles. The van der Waals surface area contributed by atoms with Crippen LogP contribution in [0.3, 0.4) is 0 Å². The number of benzene rings is 2. The Morgan fingerprint density at radius 2 is 1.66 bits per heavy atom. The van der Waals surface area contributed by atoms with Crippen LogP contribution in [-0.2, 0) is 24.4 Å².